The van der Waals surface area contributed by atoms with Gasteiger partial charge in [0, 0.05) is 20.6 Å². The Morgan fingerprint density at radius 3 is 2.38 bits per heavy atom. The molecule has 2 rings (SSSR count). The van der Waals surface area contributed by atoms with Gasteiger partial charge in [0.15, 0.2) is 0 Å². The molecule has 2 aromatic carbocycles. The van der Waals surface area contributed by atoms with Gasteiger partial charge in [-0.2, -0.15) is 0 Å². The number of primary amides is 1. The van der Waals surface area contributed by atoms with E-state index < -0.39 is 5.91 Å². The molecule has 0 atom stereocenters. The van der Waals surface area contributed by atoms with Crippen molar-refractivity contribution in [1.29, 1.82) is 0 Å². The molecule has 0 saturated carbocycles. The van der Waals surface area contributed by atoms with Crippen LogP contribution in [0.2, 0.25) is 5.02 Å². The molecule has 0 bridgehead atoms. The quantitative estimate of drug-likeness (QED) is 0.869. The summed E-state index contributed by atoms with van der Waals surface area (Å²) >= 11 is 9.65. The Hall–Kier alpha value is -1.52. The van der Waals surface area contributed by atoms with Gasteiger partial charge in [0.1, 0.15) is 12.4 Å². The number of halogens is 2. The van der Waals surface area contributed by atoms with Crippen molar-refractivity contribution in [3.8, 4) is 5.75 Å². The van der Waals surface area contributed by atoms with E-state index in [9.17, 15) is 4.79 Å². The maximum Gasteiger partial charge on any atom is 0.248 e. The zero-order valence-corrected chi connectivity index (χ0v) is 14.1. The van der Waals surface area contributed by atoms with Gasteiger partial charge in [0.25, 0.3) is 0 Å². The van der Waals surface area contributed by atoms with Crippen LogP contribution in [0.15, 0.2) is 34.8 Å². The average molecular weight is 369 g/mol. The summed E-state index contributed by atoms with van der Waals surface area (Å²) in [6.45, 7) is 4.36. The number of ether oxygens (including phenoxy) is 1. The average Bonchev–Trinajstić information content (AvgIpc) is 2.43. The molecule has 0 fully saturated rings. The molecule has 2 aromatic rings. The lowest BCUT2D eigenvalue weighted by atomic mass is 10.1. The van der Waals surface area contributed by atoms with E-state index >= 15 is 0 Å². The van der Waals surface area contributed by atoms with Crippen LogP contribution in [0.25, 0.3) is 0 Å². The van der Waals surface area contributed by atoms with Crippen LogP contribution in [0.3, 0.4) is 0 Å². The van der Waals surface area contributed by atoms with E-state index in [0.717, 1.165) is 26.9 Å². The minimum Gasteiger partial charge on any atom is -0.489 e. The van der Waals surface area contributed by atoms with Crippen LogP contribution < -0.4 is 10.5 Å². The summed E-state index contributed by atoms with van der Waals surface area (Å²) in [5, 5.41) is 0.469. The number of carbonyl (C=O) groups is 1. The molecule has 0 aliphatic heterocycles. The lowest BCUT2D eigenvalue weighted by molar-refractivity contribution is 0.1000. The van der Waals surface area contributed by atoms with Crippen LogP contribution in [0.5, 0.6) is 5.75 Å². The SMILES string of the molecule is Cc1cc(OCc2ccc(C(N)=O)cc2Cl)cc(C)c1Br. The van der Waals surface area contributed by atoms with Crippen molar-refractivity contribution in [3.63, 3.8) is 0 Å². The molecule has 0 radical (unpaired) electrons. The van der Waals surface area contributed by atoms with Crippen molar-refractivity contribution < 1.29 is 9.53 Å². The van der Waals surface area contributed by atoms with Gasteiger partial charge in [-0.05, 0) is 49.2 Å². The Bertz CT molecular complexity index is 678. The van der Waals surface area contributed by atoms with Gasteiger partial charge in [0.05, 0.1) is 0 Å². The highest BCUT2D eigenvalue weighted by Crippen LogP contribution is 2.27. The fourth-order valence-corrected chi connectivity index (χ4v) is 2.43. The molecule has 1 amide bonds. The number of amides is 1. The summed E-state index contributed by atoms with van der Waals surface area (Å²) < 4.78 is 6.85. The third-order valence-electron chi connectivity index (χ3n) is 3.14. The van der Waals surface area contributed by atoms with Gasteiger partial charge in [-0.15, -0.1) is 0 Å². The Kier molecular flexibility index (Phi) is 4.91. The highest BCUT2D eigenvalue weighted by atomic mass is 79.9. The van der Waals surface area contributed by atoms with Gasteiger partial charge in [-0.1, -0.05) is 33.6 Å². The maximum absolute atomic E-state index is 11.1. The number of carbonyl (C=O) groups excluding carboxylic acids is 1. The minimum absolute atomic E-state index is 0.332. The van der Waals surface area contributed by atoms with Crippen molar-refractivity contribution >= 4 is 33.4 Å². The lowest BCUT2D eigenvalue weighted by Gasteiger charge is -2.11. The Balaban J connectivity index is 2.15. The van der Waals surface area contributed by atoms with Crippen LogP contribution in [0.1, 0.15) is 27.0 Å². The van der Waals surface area contributed by atoms with Crippen molar-refractivity contribution in [2.75, 3.05) is 0 Å². The second-order valence-corrected chi connectivity index (χ2v) is 6.03. The van der Waals surface area contributed by atoms with Crippen molar-refractivity contribution in [1.82, 2.24) is 0 Å². The molecule has 2 N–H and O–H groups in total. The predicted molar refractivity (Wildman–Crippen MR) is 87.9 cm³/mol. The fourth-order valence-electron chi connectivity index (χ4n) is 1.97. The van der Waals surface area contributed by atoms with E-state index in [1.807, 2.05) is 26.0 Å². The van der Waals surface area contributed by atoms with Crippen molar-refractivity contribution in [2.45, 2.75) is 20.5 Å². The van der Waals surface area contributed by atoms with E-state index in [1.165, 1.54) is 0 Å². The smallest absolute Gasteiger partial charge is 0.248 e. The zero-order valence-electron chi connectivity index (χ0n) is 11.7. The fraction of sp³-hybridized carbons (Fsp3) is 0.188. The molecule has 3 nitrogen and oxygen atoms in total. The summed E-state index contributed by atoms with van der Waals surface area (Å²) in [5.41, 5.74) is 8.63. The van der Waals surface area contributed by atoms with Gasteiger partial charge in [-0.3, -0.25) is 4.79 Å². The standard InChI is InChI=1S/C16H15BrClNO2/c1-9-5-13(6-10(2)15(9)17)21-8-12-4-3-11(16(19)20)7-14(12)18/h3-7H,8H2,1-2H3,(H2,19,20). The topological polar surface area (TPSA) is 52.3 Å². The number of hydrogen-bond acceptors (Lipinski definition) is 2. The molecule has 0 spiro atoms. The molecule has 21 heavy (non-hydrogen) atoms. The van der Waals surface area contributed by atoms with Crippen LogP contribution in [-0.4, -0.2) is 5.91 Å². The number of aryl methyl sites for hydroxylation is 2. The number of hydrogen-bond donors (Lipinski definition) is 1. The van der Waals surface area contributed by atoms with E-state index in [0.29, 0.717) is 17.2 Å². The van der Waals surface area contributed by atoms with Crippen LogP contribution >= 0.6 is 27.5 Å². The van der Waals surface area contributed by atoms with Gasteiger partial charge in [-0.25, -0.2) is 0 Å². The van der Waals surface area contributed by atoms with Crippen LogP contribution in [-0.2, 0) is 6.61 Å². The largest absolute Gasteiger partial charge is 0.489 e. The van der Waals surface area contributed by atoms with E-state index in [1.54, 1.807) is 18.2 Å². The second-order valence-electron chi connectivity index (χ2n) is 4.83. The maximum atomic E-state index is 11.1. The van der Waals surface area contributed by atoms with Gasteiger partial charge in [0.2, 0.25) is 5.91 Å². The van der Waals surface area contributed by atoms with Crippen LogP contribution in [0, 0.1) is 13.8 Å². The zero-order chi connectivity index (χ0) is 15.6. The summed E-state index contributed by atoms with van der Waals surface area (Å²) in [7, 11) is 0. The molecular formula is C16H15BrClNO2. The Morgan fingerprint density at radius 1 is 1.24 bits per heavy atom. The third kappa shape index (κ3) is 3.77. The molecule has 5 heteroatoms. The summed E-state index contributed by atoms with van der Waals surface area (Å²) in [4.78, 5) is 11.1. The predicted octanol–water partition coefficient (Wildman–Crippen LogP) is 4.40. The van der Waals surface area contributed by atoms with E-state index in [-0.39, 0.29) is 0 Å². The molecule has 0 aliphatic rings. The highest BCUT2D eigenvalue weighted by Gasteiger charge is 2.08. The highest BCUT2D eigenvalue weighted by molar-refractivity contribution is 9.10. The second kappa shape index (κ2) is 6.50. The van der Waals surface area contributed by atoms with E-state index in [4.69, 9.17) is 22.1 Å². The summed E-state index contributed by atoms with van der Waals surface area (Å²) in [6.07, 6.45) is 0. The normalized spacial score (nSPS) is 10.5. The monoisotopic (exact) mass is 367 g/mol. The van der Waals surface area contributed by atoms with Crippen molar-refractivity contribution in [2.24, 2.45) is 5.73 Å². The summed E-state index contributed by atoms with van der Waals surface area (Å²) in [5.74, 6) is 0.284. The molecule has 0 heterocycles. The van der Waals surface area contributed by atoms with Gasteiger partial charge < -0.3 is 10.5 Å². The lowest BCUT2D eigenvalue weighted by Crippen LogP contribution is -2.11. The minimum atomic E-state index is -0.497. The first kappa shape index (κ1) is 15.9. The first-order valence-electron chi connectivity index (χ1n) is 6.36. The molecule has 0 aromatic heterocycles. The first-order chi connectivity index (χ1) is 9.88. The summed E-state index contributed by atoms with van der Waals surface area (Å²) in [6, 6.07) is 8.87. The Morgan fingerprint density at radius 2 is 1.86 bits per heavy atom. The van der Waals surface area contributed by atoms with Crippen LogP contribution in [0.4, 0.5) is 0 Å². The number of nitrogens with two attached hydrogens (primary N) is 1. The molecule has 0 aliphatic carbocycles. The van der Waals surface area contributed by atoms with E-state index in [2.05, 4.69) is 15.9 Å². The first-order valence-corrected chi connectivity index (χ1v) is 7.53. The molecule has 0 unspecified atom stereocenters. The molecular weight excluding hydrogens is 354 g/mol. The third-order valence-corrected chi connectivity index (χ3v) is 4.74. The Labute approximate surface area is 137 Å². The number of rotatable bonds is 4. The molecule has 110 valence electrons. The van der Waals surface area contributed by atoms with Crippen molar-refractivity contribution in [3.05, 3.63) is 62.1 Å². The molecule has 0 saturated heterocycles. The van der Waals surface area contributed by atoms with Gasteiger partial charge >= 0.3 is 0 Å². The number of benzene rings is 2.